The normalized spacial score (nSPS) is 21.0. The van der Waals surface area contributed by atoms with E-state index in [2.05, 4.69) is 35.1 Å². The van der Waals surface area contributed by atoms with Crippen LogP contribution >= 0.6 is 15.9 Å². The molecule has 0 radical (unpaired) electrons. The summed E-state index contributed by atoms with van der Waals surface area (Å²) >= 11 is 3.34. The number of hydrogen-bond acceptors (Lipinski definition) is 2. The summed E-state index contributed by atoms with van der Waals surface area (Å²) in [6, 6.07) is 5.33. The number of nitrogen functional groups attached to an aromatic ring is 1. The Morgan fingerprint density at radius 2 is 2.24 bits per heavy atom. The van der Waals surface area contributed by atoms with Crippen LogP contribution in [-0.2, 0) is 0 Å². The zero-order valence-electron chi connectivity index (χ0n) is 10.1. The van der Waals surface area contributed by atoms with Crippen molar-refractivity contribution < 1.29 is 4.79 Å². The van der Waals surface area contributed by atoms with E-state index in [-0.39, 0.29) is 5.91 Å². The average Bonchev–Trinajstić information content (AvgIpc) is 2.87. The molecule has 4 heteroatoms. The predicted molar refractivity (Wildman–Crippen MR) is 72.8 cm³/mol. The minimum absolute atomic E-state index is 0.0631. The molecule has 1 saturated carbocycles. The van der Waals surface area contributed by atoms with Crippen molar-refractivity contribution >= 4 is 27.5 Å². The third-order valence-electron chi connectivity index (χ3n) is 3.50. The van der Waals surface area contributed by atoms with Crippen LogP contribution in [0.25, 0.3) is 0 Å². The number of hydrogen-bond donors (Lipinski definition) is 2. The van der Waals surface area contributed by atoms with Crippen molar-refractivity contribution in [2.75, 3.05) is 12.3 Å². The Kier molecular flexibility index (Phi) is 3.17. The van der Waals surface area contributed by atoms with Crippen molar-refractivity contribution in [2.45, 2.75) is 20.3 Å². The highest BCUT2D eigenvalue weighted by Gasteiger charge is 2.45. The van der Waals surface area contributed by atoms with Gasteiger partial charge in [-0.15, -0.1) is 0 Å². The first kappa shape index (κ1) is 12.4. The standard InChI is InChI=1S/C13H17BrN2O/c1-13(2)6-8(13)7-16-12(17)9-4-3-5-10(15)11(9)14/h3-5,8H,6-7,15H2,1-2H3,(H,16,17). The SMILES string of the molecule is CC1(C)CC1CNC(=O)c1cccc(N)c1Br. The van der Waals surface area contributed by atoms with Crippen LogP contribution < -0.4 is 11.1 Å². The van der Waals surface area contributed by atoms with Crippen LogP contribution in [0.1, 0.15) is 30.6 Å². The van der Waals surface area contributed by atoms with E-state index < -0.39 is 0 Å². The van der Waals surface area contributed by atoms with Crippen molar-refractivity contribution in [1.29, 1.82) is 0 Å². The van der Waals surface area contributed by atoms with E-state index in [0.29, 0.717) is 27.1 Å². The van der Waals surface area contributed by atoms with E-state index in [1.54, 1.807) is 18.2 Å². The van der Waals surface area contributed by atoms with Gasteiger partial charge in [0.2, 0.25) is 0 Å². The molecule has 92 valence electrons. The number of benzene rings is 1. The van der Waals surface area contributed by atoms with Gasteiger partial charge in [-0.05, 0) is 45.8 Å². The second-order valence-corrected chi connectivity index (χ2v) is 6.10. The van der Waals surface area contributed by atoms with Gasteiger partial charge in [0.1, 0.15) is 0 Å². The molecular weight excluding hydrogens is 280 g/mol. The van der Waals surface area contributed by atoms with E-state index in [4.69, 9.17) is 5.73 Å². The topological polar surface area (TPSA) is 55.1 Å². The fourth-order valence-corrected chi connectivity index (χ4v) is 2.41. The smallest absolute Gasteiger partial charge is 0.252 e. The van der Waals surface area contributed by atoms with Gasteiger partial charge in [0, 0.05) is 12.2 Å². The third kappa shape index (κ3) is 2.63. The van der Waals surface area contributed by atoms with Gasteiger partial charge in [0.15, 0.2) is 0 Å². The Hall–Kier alpha value is -1.03. The lowest BCUT2D eigenvalue weighted by molar-refractivity contribution is 0.0950. The minimum atomic E-state index is -0.0631. The molecule has 1 aliphatic carbocycles. The van der Waals surface area contributed by atoms with Crippen LogP contribution in [0.4, 0.5) is 5.69 Å². The van der Waals surface area contributed by atoms with Crippen LogP contribution in [0, 0.1) is 11.3 Å². The molecule has 0 heterocycles. The van der Waals surface area contributed by atoms with Crippen LogP contribution in [0.15, 0.2) is 22.7 Å². The lowest BCUT2D eigenvalue weighted by atomic mass is 10.1. The Morgan fingerprint density at radius 1 is 1.59 bits per heavy atom. The molecule has 1 aromatic carbocycles. The van der Waals surface area contributed by atoms with Crippen molar-refractivity contribution in [2.24, 2.45) is 11.3 Å². The van der Waals surface area contributed by atoms with E-state index in [9.17, 15) is 4.79 Å². The highest BCUT2D eigenvalue weighted by atomic mass is 79.9. The number of carbonyl (C=O) groups is 1. The first-order chi connectivity index (χ1) is 7.92. The fourth-order valence-electron chi connectivity index (χ4n) is 1.96. The van der Waals surface area contributed by atoms with Gasteiger partial charge >= 0.3 is 0 Å². The van der Waals surface area contributed by atoms with Crippen LogP contribution in [0.5, 0.6) is 0 Å². The van der Waals surface area contributed by atoms with Crippen molar-refractivity contribution in [1.82, 2.24) is 5.32 Å². The van der Waals surface area contributed by atoms with Gasteiger partial charge in [-0.2, -0.15) is 0 Å². The van der Waals surface area contributed by atoms with Gasteiger partial charge in [0.05, 0.1) is 10.0 Å². The summed E-state index contributed by atoms with van der Waals surface area (Å²) < 4.78 is 0.674. The van der Waals surface area contributed by atoms with Crippen molar-refractivity contribution in [3.8, 4) is 0 Å². The van der Waals surface area contributed by atoms with Crippen LogP contribution in [0.2, 0.25) is 0 Å². The lowest BCUT2D eigenvalue weighted by Crippen LogP contribution is -2.27. The Morgan fingerprint density at radius 3 is 2.82 bits per heavy atom. The van der Waals surface area contributed by atoms with Gasteiger partial charge in [-0.25, -0.2) is 0 Å². The summed E-state index contributed by atoms with van der Waals surface area (Å²) in [7, 11) is 0. The zero-order valence-corrected chi connectivity index (χ0v) is 11.7. The summed E-state index contributed by atoms with van der Waals surface area (Å²) in [5.41, 5.74) is 7.32. The maximum Gasteiger partial charge on any atom is 0.252 e. The molecule has 0 aromatic heterocycles. The summed E-state index contributed by atoms with van der Waals surface area (Å²) in [4.78, 5) is 12.0. The molecule has 3 N–H and O–H groups in total. The number of rotatable bonds is 3. The van der Waals surface area contributed by atoms with Crippen molar-refractivity contribution in [3.63, 3.8) is 0 Å². The molecule has 1 atom stereocenters. The predicted octanol–water partition coefficient (Wildman–Crippen LogP) is 2.81. The Labute approximate surface area is 110 Å². The lowest BCUT2D eigenvalue weighted by Gasteiger charge is -2.09. The number of anilines is 1. The fraction of sp³-hybridized carbons (Fsp3) is 0.462. The van der Waals surface area contributed by atoms with E-state index in [1.165, 1.54) is 6.42 Å². The molecule has 1 unspecified atom stereocenters. The summed E-state index contributed by atoms with van der Waals surface area (Å²) in [5, 5.41) is 2.96. The molecule has 0 saturated heterocycles. The number of halogens is 1. The van der Waals surface area contributed by atoms with Gasteiger partial charge in [-0.1, -0.05) is 19.9 Å². The second-order valence-electron chi connectivity index (χ2n) is 5.31. The average molecular weight is 297 g/mol. The van der Waals surface area contributed by atoms with Crippen molar-refractivity contribution in [3.05, 3.63) is 28.2 Å². The highest BCUT2D eigenvalue weighted by Crippen LogP contribution is 2.51. The molecule has 1 aromatic rings. The summed E-state index contributed by atoms with van der Waals surface area (Å²) in [6.07, 6.45) is 1.19. The maximum absolute atomic E-state index is 12.0. The number of nitrogens with one attached hydrogen (secondary N) is 1. The molecule has 2 rings (SSSR count). The molecule has 17 heavy (non-hydrogen) atoms. The first-order valence-electron chi connectivity index (χ1n) is 5.74. The molecule has 1 fully saturated rings. The molecular formula is C13H17BrN2O. The molecule has 3 nitrogen and oxygen atoms in total. The molecule has 1 amide bonds. The van der Waals surface area contributed by atoms with E-state index in [1.807, 2.05) is 0 Å². The third-order valence-corrected chi connectivity index (χ3v) is 4.38. The molecule has 1 aliphatic rings. The van der Waals surface area contributed by atoms with E-state index in [0.717, 1.165) is 6.54 Å². The highest BCUT2D eigenvalue weighted by molar-refractivity contribution is 9.10. The van der Waals surface area contributed by atoms with Gasteiger partial charge < -0.3 is 11.1 Å². The zero-order chi connectivity index (χ0) is 12.6. The first-order valence-corrected chi connectivity index (χ1v) is 6.53. The Bertz CT molecular complexity index is 457. The summed E-state index contributed by atoms with van der Waals surface area (Å²) in [5.74, 6) is 0.540. The molecule has 0 spiro atoms. The van der Waals surface area contributed by atoms with Gasteiger partial charge in [-0.3, -0.25) is 4.79 Å². The van der Waals surface area contributed by atoms with E-state index >= 15 is 0 Å². The molecule has 0 aliphatic heterocycles. The number of carbonyl (C=O) groups excluding carboxylic acids is 1. The number of amides is 1. The van der Waals surface area contributed by atoms with Crippen LogP contribution in [0.3, 0.4) is 0 Å². The second kappa shape index (κ2) is 4.33. The monoisotopic (exact) mass is 296 g/mol. The largest absolute Gasteiger partial charge is 0.398 e. The minimum Gasteiger partial charge on any atom is -0.398 e. The maximum atomic E-state index is 12.0. The Balaban J connectivity index is 1.98. The van der Waals surface area contributed by atoms with Gasteiger partial charge in [0.25, 0.3) is 5.91 Å². The number of nitrogens with two attached hydrogens (primary N) is 1. The quantitative estimate of drug-likeness (QED) is 0.843. The summed E-state index contributed by atoms with van der Waals surface area (Å²) in [6.45, 7) is 5.19. The molecule has 0 bridgehead atoms. The van der Waals surface area contributed by atoms with Crippen LogP contribution in [-0.4, -0.2) is 12.5 Å².